The van der Waals surface area contributed by atoms with E-state index in [1.54, 1.807) is 13.0 Å². The van der Waals surface area contributed by atoms with Gasteiger partial charge in [-0.05, 0) is 31.9 Å². The van der Waals surface area contributed by atoms with Gasteiger partial charge in [0.25, 0.3) is 5.91 Å². The average molecular weight is 265 g/mol. The highest BCUT2D eigenvalue weighted by Gasteiger charge is 2.29. The van der Waals surface area contributed by atoms with Crippen molar-refractivity contribution < 1.29 is 19.1 Å². The molecule has 2 rings (SSSR count). The number of piperidine rings is 1. The Morgan fingerprint density at radius 2 is 2.16 bits per heavy atom. The second-order valence-corrected chi connectivity index (χ2v) is 4.91. The molecule has 102 valence electrons. The van der Waals surface area contributed by atoms with E-state index < -0.39 is 23.6 Å². The third-order valence-electron chi connectivity index (χ3n) is 3.41. The number of aliphatic carboxylic acids is 1. The van der Waals surface area contributed by atoms with Gasteiger partial charge in [-0.3, -0.25) is 9.59 Å². The molecular weight excluding hydrogens is 249 g/mol. The van der Waals surface area contributed by atoms with Crippen LogP contribution >= 0.6 is 0 Å². The van der Waals surface area contributed by atoms with Crippen molar-refractivity contribution in [2.75, 3.05) is 13.1 Å². The van der Waals surface area contributed by atoms with E-state index in [0.29, 0.717) is 19.4 Å². The fourth-order valence-electron chi connectivity index (χ4n) is 2.34. The third-order valence-corrected chi connectivity index (χ3v) is 3.41. The highest BCUT2D eigenvalue weighted by Crippen LogP contribution is 2.20. The summed E-state index contributed by atoms with van der Waals surface area (Å²) in [7, 11) is 0. The molecule has 1 aliphatic rings. The van der Waals surface area contributed by atoms with Gasteiger partial charge in [0.15, 0.2) is 0 Å². The number of rotatable bonds is 2. The largest absolute Gasteiger partial charge is 0.481 e. The summed E-state index contributed by atoms with van der Waals surface area (Å²) in [5, 5.41) is 9.00. The molecule has 1 aromatic carbocycles. The SMILES string of the molecule is Cc1ccc(F)c(C(=O)N2CCCC(C(=O)O)C2)c1. The van der Waals surface area contributed by atoms with Crippen molar-refractivity contribution in [2.24, 2.45) is 5.92 Å². The van der Waals surface area contributed by atoms with Crippen LogP contribution in [-0.2, 0) is 4.79 Å². The Kier molecular flexibility index (Phi) is 3.83. The number of carbonyl (C=O) groups excluding carboxylic acids is 1. The molecule has 1 heterocycles. The minimum Gasteiger partial charge on any atom is -0.481 e. The molecule has 1 saturated heterocycles. The highest BCUT2D eigenvalue weighted by molar-refractivity contribution is 5.95. The predicted octanol–water partition coefficient (Wildman–Crippen LogP) is 2.07. The van der Waals surface area contributed by atoms with Gasteiger partial charge in [-0.2, -0.15) is 0 Å². The van der Waals surface area contributed by atoms with Crippen molar-refractivity contribution >= 4 is 11.9 Å². The summed E-state index contributed by atoms with van der Waals surface area (Å²) in [4.78, 5) is 24.6. The van der Waals surface area contributed by atoms with Gasteiger partial charge in [0, 0.05) is 13.1 Å². The number of carboxylic acids is 1. The molecule has 1 aliphatic heterocycles. The number of hydrogen-bond donors (Lipinski definition) is 1. The van der Waals surface area contributed by atoms with Crippen molar-refractivity contribution in [3.05, 3.63) is 35.1 Å². The van der Waals surface area contributed by atoms with Gasteiger partial charge < -0.3 is 10.0 Å². The molecule has 4 nitrogen and oxygen atoms in total. The van der Waals surface area contributed by atoms with Gasteiger partial charge >= 0.3 is 5.97 Å². The van der Waals surface area contributed by atoms with E-state index in [9.17, 15) is 14.0 Å². The van der Waals surface area contributed by atoms with Gasteiger partial charge in [0.1, 0.15) is 5.82 Å². The highest BCUT2D eigenvalue weighted by atomic mass is 19.1. The quantitative estimate of drug-likeness (QED) is 0.890. The van der Waals surface area contributed by atoms with Crippen LogP contribution in [-0.4, -0.2) is 35.0 Å². The number of amides is 1. The van der Waals surface area contributed by atoms with E-state index in [1.807, 2.05) is 0 Å². The Hall–Kier alpha value is -1.91. The summed E-state index contributed by atoms with van der Waals surface area (Å²) < 4.78 is 13.7. The lowest BCUT2D eigenvalue weighted by molar-refractivity contribution is -0.143. The van der Waals surface area contributed by atoms with E-state index in [4.69, 9.17) is 5.11 Å². The summed E-state index contributed by atoms with van der Waals surface area (Å²) in [5.41, 5.74) is 0.822. The maximum Gasteiger partial charge on any atom is 0.308 e. The average Bonchev–Trinajstić information content (AvgIpc) is 2.41. The van der Waals surface area contributed by atoms with Crippen LogP contribution in [0.2, 0.25) is 0 Å². The molecule has 5 heteroatoms. The lowest BCUT2D eigenvalue weighted by Gasteiger charge is -2.30. The lowest BCUT2D eigenvalue weighted by atomic mass is 9.97. The van der Waals surface area contributed by atoms with E-state index in [1.165, 1.54) is 17.0 Å². The van der Waals surface area contributed by atoms with Gasteiger partial charge in [0.2, 0.25) is 0 Å². The molecule has 0 aromatic heterocycles. The van der Waals surface area contributed by atoms with Crippen molar-refractivity contribution in [3.63, 3.8) is 0 Å². The number of likely N-dealkylation sites (tertiary alicyclic amines) is 1. The normalized spacial score (nSPS) is 19.3. The Morgan fingerprint density at radius 1 is 1.42 bits per heavy atom. The molecule has 0 bridgehead atoms. The molecule has 1 atom stereocenters. The Balaban J connectivity index is 2.19. The molecule has 1 amide bonds. The van der Waals surface area contributed by atoms with Crippen LogP contribution in [0.15, 0.2) is 18.2 Å². The summed E-state index contributed by atoms with van der Waals surface area (Å²) >= 11 is 0. The van der Waals surface area contributed by atoms with Crippen LogP contribution in [0.1, 0.15) is 28.8 Å². The zero-order valence-electron chi connectivity index (χ0n) is 10.7. The molecule has 0 spiro atoms. The number of hydrogen-bond acceptors (Lipinski definition) is 2. The molecule has 1 unspecified atom stereocenters. The monoisotopic (exact) mass is 265 g/mol. The number of nitrogens with zero attached hydrogens (tertiary/aromatic N) is 1. The zero-order chi connectivity index (χ0) is 14.0. The van der Waals surface area contributed by atoms with Crippen molar-refractivity contribution in [3.8, 4) is 0 Å². The van der Waals surface area contributed by atoms with E-state index in [2.05, 4.69) is 0 Å². The zero-order valence-corrected chi connectivity index (χ0v) is 10.7. The van der Waals surface area contributed by atoms with E-state index in [-0.39, 0.29) is 12.1 Å². The molecule has 1 N–H and O–H groups in total. The minimum absolute atomic E-state index is 0.0195. The fraction of sp³-hybridized carbons (Fsp3) is 0.429. The predicted molar refractivity (Wildman–Crippen MR) is 67.4 cm³/mol. The van der Waals surface area contributed by atoms with Gasteiger partial charge in [-0.25, -0.2) is 4.39 Å². The summed E-state index contributed by atoms with van der Waals surface area (Å²) in [6.07, 6.45) is 1.20. The molecule has 0 aliphatic carbocycles. The van der Waals surface area contributed by atoms with Crippen molar-refractivity contribution in [1.29, 1.82) is 0 Å². The first-order chi connectivity index (χ1) is 8.99. The molecule has 0 saturated carbocycles. The van der Waals surface area contributed by atoms with Crippen LogP contribution in [0.3, 0.4) is 0 Å². The summed E-state index contributed by atoms with van der Waals surface area (Å²) in [6, 6.07) is 4.37. The first-order valence-corrected chi connectivity index (χ1v) is 6.27. The Labute approximate surface area is 110 Å². The standard InChI is InChI=1S/C14H16FNO3/c1-9-4-5-12(15)11(7-9)13(17)16-6-2-3-10(8-16)14(18)19/h4-5,7,10H,2-3,6,8H2,1H3,(H,18,19). The van der Waals surface area contributed by atoms with Crippen LogP contribution in [0, 0.1) is 18.7 Å². The maximum atomic E-state index is 13.7. The number of benzene rings is 1. The van der Waals surface area contributed by atoms with Crippen LogP contribution in [0.4, 0.5) is 4.39 Å². The lowest BCUT2D eigenvalue weighted by Crippen LogP contribution is -2.42. The van der Waals surface area contributed by atoms with Crippen LogP contribution in [0.5, 0.6) is 0 Å². The number of carbonyl (C=O) groups is 2. The first kappa shape index (κ1) is 13.5. The van der Waals surface area contributed by atoms with Crippen LogP contribution < -0.4 is 0 Å². The van der Waals surface area contributed by atoms with Gasteiger partial charge in [-0.1, -0.05) is 11.6 Å². The molecule has 1 aromatic rings. The number of aryl methyl sites for hydroxylation is 1. The molecule has 1 fully saturated rings. The number of halogens is 1. The Morgan fingerprint density at radius 3 is 2.84 bits per heavy atom. The van der Waals surface area contributed by atoms with Gasteiger partial charge in [0.05, 0.1) is 11.5 Å². The smallest absolute Gasteiger partial charge is 0.308 e. The maximum absolute atomic E-state index is 13.7. The molecule has 0 radical (unpaired) electrons. The number of carboxylic acid groups (broad SMARTS) is 1. The summed E-state index contributed by atoms with van der Waals surface area (Å²) in [5.74, 6) is -2.44. The van der Waals surface area contributed by atoms with Crippen molar-refractivity contribution in [2.45, 2.75) is 19.8 Å². The van der Waals surface area contributed by atoms with E-state index in [0.717, 1.165) is 5.56 Å². The first-order valence-electron chi connectivity index (χ1n) is 6.27. The Bertz CT molecular complexity index is 515. The third kappa shape index (κ3) is 2.92. The van der Waals surface area contributed by atoms with Crippen molar-refractivity contribution in [1.82, 2.24) is 4.90 Å². The van der Waals surface area contributed by atoms with Crippen LogP contribution in [0.25, 0.3) is 0 Å². The molecule has 19 heavy (non-hydrogen) atoms. The minimum atomic E-state index is -0.901. The topological polar surface area (TPSA) is 57.6 Å². The van der Waals surface area contributed by atoms with Gasteiger partial charge in [-0.15, -0.1) is 0 Å². The second-order valence-electron chi connectivity index (χ2n) is 4.91. The van der Waals surface area contributed by atoms with E-state index >= 15 is 0 Å². The fourth-order valence-corrected chi connectivity index (χ4v) is 2.34. The molecular formula is C14H16FNO3. The summed E-state index contributed by atoms with van der Waals surface area (Å²) in [6.45, 7) is 2.42. The second kappa shape index (κ2) is 5.38.